The fourth-order valence-electron chi connectivity index (χ4n) is 2.95. The Labute approximate surface area is 121 Å². The van der Waals surface area contributed by atoms with Crippen molar-refractivity contribution in [3.63, 3.8) is 0 Å². The summed E-state index contributed by atoms with van der Waals surface area (Å²) < 4.78 is 1.83. The molecule has 1 fully saturated rings. The SMILES string of the molecule is Clc1ccc(C2(c3cc4ncccn4n3)CCC2)cn1. The number of aromatic nitrogens is 4. The van der Waals surface area contributed by atoms with E-state index in [4.69, 9.17) is 16.7 Å². The zero-order chi connectivity index (χ0) is 13.6. The summed E-state index contributed by atoms with van der Waals surface area (Å²) in [6.07, 6.45) is 9.00. The molecular weight excluding hydrogens is 272 g/mol. The van der Waals surface area contributed by atoms with E-state index >= 15 is 0 Å². The maximum absolute atomic E-state index is 5.89. The van der Waals surface area contributed by atoms with Gasteiger partial charge in [-0.15, -0.1) is 0 Å². The van der Waals surface area contributed by atoms with Crippen molar-refractivity contribution in [3.8, 4) is 0 Å². The molecule has 1 saturated carbocycles. The Morgan fingerprint density at radius 1 is 1.20 bits per heavy atom. The highest BCUT2D eigenvalue weighted by molar-refractivity contribution is 6.29. The van der Waals surface area contributed by atoms with Crippen molar-refractivity contribution in [2.45, 2.75) is 24.7 Å². The van der Waals surface area contributed by atoms with Gasteiger partial charge < -0.3 is 0 Å². The van der Waals surface area contributed by atoms with E-state index in [2.05, 4.69) is 22.1 Å². The van der Waals surface area contributed by atoms with E-state index in [1.165, 1.54) is 12.0 Å². The molecule has 3 aromatic heterocycles. The monoisotopic (exact) mass is 284 g/mol. The lowest BCUT2D eigenvalue weighted by atomic mass is 9.63. The van der Waals surface area contributed by atoms with Crippen LogP contribution in [-0.2, 0) is 5.41 Å². The molecule has 0 spiro atoms. The van der Waals surface area contributed by atoms with Crippen LogP contribution >= 0.6 is 11.6 Å². The van der Waals surface area contributed by atoms with Crippen LogP contribution in [0.2, 0.25) is 5.15 Å². The topological polar surface area (TPSA) is 43.1 Å². The summed E-state index contributed by atoms with van der Waals surface area (Å²) in [5.41, 5.74) is 3.13. The van der Waals surface area contributed by atoms with Crippen LogP contribution < -0.4 is 0 Å². The van der Waals surface area contributed by atoms with E-state index in [0.29, 0.717) is 5.15 Å². The molecule has 3 aromatic rings. The molecule has 0 radical (unpaired) electrons. The molecule has 1 aliphatic rings. The van der Waals surface area contributed by atoms with Crippen LogP contribution in [0.4, 0.5) is 0 Å². The summed E-state index contributed by atoms with van der Waals surface area (Å²) >= 11 is 5.89. The summed E-state index contributed by atoms with van der Waals surface area (Å²) in [5.74, 6) is 0. The smallest absolute Gasteiger partial charge is 0.155 e. The van der Waals surface area contributed by atoms with Crippen molar-refractivity contribution >= 4 is 17.2 Å². The first-order valence-electron chi connectivity index (χ1n) is 6.71. The van der Waals surface area contributed by atoms with Crippen molar-refractivity contribution in [2.24, 2.45) is 0 Å². The number of hydrogen-bond acceptors (Lipinski definition) is 3. The van der Waals surface area contributed by atoms with Gasteiger partial charge in [0, 0.05) is 30.1 Å². The molecule has 0 unspecified atom stereocenters. The van der Waals surface area contributed by atoms with Gasteiger partial charge in [0.05, 0.1) is 5.69 Å². The van der Waals surface area contributed by atoms with Gasteiger partial charge in [-0.1, -0.05) is 24.1 Å². The van der Waals surface area contributed by atoms with Gasteiger partial charge in [-0.2, -0.15) is 5.10 Å². The largest absolute Gasteiger partial charge is 0.244 e. The van der Waals surface area contributed by atoms with Crippen LogP contribution in [0.15, 0.2) is 42.9 Å². The maximum atomic E-state index is 5.89. The number of hydrogen-bond donors (Lipinski definition) is 0. The zero-order valence-electron chi connectivity index (χ0n) is 10.8. The second kappa shape index (κ2) is 4.28. The predicted octanol–water partition coefficient (Wildman–Crippen LogP) is 3.25. The fourth-order valence-corrected chi connectivity index (χ4v) is 3.06. The average molecular weight is 285 g/mol. The van der Waals surface area contributed by atoms with Crippen LogP contribution in [0.5, 0.6) is 0 Å². The lowest BCUT2D eigenvalue weighted by molar-refractivity contribution is 0.292. The highest BCUT2D eigenvalue weighted by Crippen LogP contribution is 2.48. The third-order valence-corrected chi connectivity index (χ3v) is 4.44. The van der Waals surface area contributed by atoms with Gasteiger partial charge in [-0.25, -0.2) is 14.5 Å². The molecule has 1 aliphatic carbocycles. The van der Waals surface area contributed by atoms with E-state index in [1.54, 1.807) is 6.20 Å². The Morgan fingerprint density at radius 2 is 2.10 bits per heavy atom. The van der Waals surface area contributed by atoms with Gasteiger partial charge in [0.15, 0.2) is 5.65 Å². The minimum Gasteiger partial charge on any atom is -0.244 e. The van der Waals surface area contributed by atoms with Crippen molar-refractivity contribution in [3.05, 3.63) is 59.3 Å². The number of halogens is 1. The predicted molar refractivity (Wildman–Crippen MR) is 76.9 cm³/mol. The Balaban J connectivity index is 1.86. The van der Waals surface area contributed by atoms with Crippen LogP contribution in [0.25, 0.3) is 5.65 Å². The van der Waals surface area contributed by atoms with Gasteiger partial charge in [-0.3, -0.25) is 0 Å². The Hall–Kier alpha value is -1.94. The lowest BCUT2D eigenvalue weighted by Crippen LogP contribution is -2.36. The third kappa shape index (κ3) is 1.64. The van der Waals surface area contributed by atoms with Crippen LogP contribution in [0.1, 0.15) is 30.5 Å². The molecule has 0 aromatic carbocycles. The van der Waals surface area contributed by atoms with Crippen LogP contribution in [0, 0.1) is 0 Å². The highest BCUT2D eigenvalue weighted by atomic mass is 35.5. The van der Waals surface area contributed by atoms with Crippen molar-refractivity contribution < 1.29 is 0 Å². The standard InChI is InChI=1S/C15H13ClN4/c16-13-4-3-11(10-18-13)15(5-1-6-15)12-9-14-17-7-2-8-20(14)19-12/h2-4,7-10H,1,5-6H2. The van der Waals surface area contributed by atoms with E-state index in [1.807, 2.05) is 29.0 Å². The van der Waals surface area contributed by atoms with Crippen molar-refractivity contribution in [1.82, 2.24) is 19.6 Å². The summed E-state index contributed by atoms with van der Waals surface area (Å²) in [7, 11) is 0. The molecule has 100 valence electrons. The lowest BCUT2D eigenvalue weighted by Gasteiger charge is -2.40. The molecule has 5 heteroatoms. The van der Waals surface area contributed by atoms with Crippen LogP contribution in [0.3, 0.4) is 0 Å². The summed E-state index contributed by atoms with van der Waals surface area (Å²) in [6.45, 7) is 0. The quantitative estimate of drug-likeness (QED) is 0.679. The summed E-state index contributed by atoms with van der Waals surface area (Å²) in [6, 6.07) is 7.88. The zero-order valence-corrected chi connectivity index (χ0v) is 11.6. The molecule has 4 rings (SSSR count). The van der Waals surface area contributed by atoms with E-state index in [-0.39, 0.29) is 5.41 Å². The van der Waals surface area contributed by atoms with Gasteiger partial charge in [0.1, 0.15) is 5.15 Å². The van der Waals surface area contributed by atoms with E-state index in [0.717, 1.165) is 24.2 Å². The molecule has 4 nitrogen and oxygen atoms in total. The minimum atomic E-state index is -0.0225. The number of pyridine rings is 1. The van der Waals surface area contributed by atoms with Gasteiger partial charge in [0.2, 0.25) is 0 Å². The van der Waals surface area contributed by atoms with Crippen LogP contribution in [-0.4, -0.2) is 19.6 Å². The normalized spacial score (nSPS) is 17.1. The van der Waals surface area contributed by atoms with Gasteiger partial charge in [-0.05, 0) is 30.5 Å². The Bertz CT molecular complexity index is 726. The number of fused-ring (bicyclic) bond motifs is 1. The number of rotatable bonds is 2. The molecule has 0 atom stereocenters. The van der Waals surface area contributed by atoms with Gasteiger partial charge in [0.25, 0.3) is 0 Å². The fraction of sp³-hybridized carbons (Fsp3) is 0.267. The molecular formula is C15H13ClN4. The molecule has 0 amide bonds. The highest BCUT2D eigenvalue weighted by Gasteiger charge is 2.42. The first-order chi connectivity index (χ1) is 9.78. The van der Waals surface area contributed by atoms with Crippen molar-refractivity contribution in [1.29, 1.82) is 0 Å². The molecule has 20 heavy (non-hydrogen) atoms. The Kier molecular flexibility index (Phi) is 2.54. The van der Waals surface area contributed by atoms with E-state index in [9.17, 15) is 0 Å². The second-order valence-electron chi connectivity index (χ2n) is 5.26. The summed E-state index contributed by atoms with van der Waals surface area (Å²) in [5, 5.41) is 5.23. The molecule has 0 aliphatic heterocycles. The Morgan fingerprint density at radius 3 is 2.75 bits per heavy atom. The first kappa shape index (κ1) is 11.9. The summed E-state index contributed by atoms with van der Waals surface area (Å²) in [4.78, 5) is 8.57. The van der Waals surface area contributed by atoms with Gasteiger partial charge >= 0.3 is 0 Å². The molecule has 0 bridgehead atoms. The first-order valence-corrected chi connectivity index (χ1v) is 7.09. The second-order valence-corrected chi connectivity index (χ2v) is 5.64. The average Bonchev–Trinajstić information content (AvgIpc) is 2.83. The number of nitrogens with zero attached hydrogens (tertiary/aromatic N) is 4. The third-order valence-electron chi connectivity index (χ3n) is 4.21. The molecule has 0 saturated heterocycles. The van der Waals surface area contributed by atoms with E-state index < -0.39 is 0 Å². The molecule has 3 heterocycles. The minimum absolute atomic E-state index is 0.0225. The van der Waals surface area contributed by atoms with Crippen molar-refractivity contribution in [2.75, 3.05) is 0 Å². The molecule has 0 N–H and O–H groups in total. The maximum Gasteiger partial charge on any atom is 0.155 e.